The van der Waals surface area contributed by atoms with E-state index in [0.29, 0.717) is 13.1 Å². The Bertz CT molecular complexity index is 737. The van der Waals surface area contributed by atoms with Crippen molar-refractivity contribution in [2.45, 2.75) is 13.8 Å². The number of carbonyl (C=O) groups is 1. The van der Waals surface area contributed by atoms with Crippen LogP contribution < -0.4 is 10.9 Å². The SMILES string of the molecule is Cc1cc(C)nc(-n2[nH]c(C(=O)N3CCNCC3)cc2=O)n1. The molecule has 1 amide bonds. The highest BCUT2D eigenvalue weighted by Crippen LogP contribution is 2.05. The standard InChI is InChI=1S/C14H18N6O2/c1-9-7-10(2)17-14(16-9)20-12(21)8-11(18-20)13(22)19-5-3-15-4-6-19/h7-8,15,18H,3-6H2,1-2H3. The summed E-state index contributed by atoms with van der Waals surface area (Å²) in [6.45, 7) is 6.45. The van der Waals surface area contributed by atoms with Crippen LogP contribution in [0.3, 0.4) is 0 Å². The molecule has 1 saturated heterocycles. The van der Waals surface area contributed by atoms with Gasteiger partial charge in [-0.2, -0.15) is 4.68 Å². The number of H-pyrrole nitrogens is 1. The molecule has 0 bridgehead atoms. The number of nitrogens with one attached hydrogen (secondary N) is 2. The van der Waals surface area contributed by atoms with Crippen molar-refractivity contribution in [2.75, 3.05) is 26.2 Å². The lowest BCUT2D eigenvalue weighted by Gasteiger charge is -2.26. The third kappa shape index (κ3) is 2.77. The maximum absolute atomic E-state index is 12.4. The van der Waals surface area contributed by atoms with E-state index in [2.05, 4.69) is 20.4 Å². The van der Waals surface area contributed by atoms with Gasteiger partial charge in [0.2, 0.25) is 0 Å². The molecule has 1 aliphatic rings. The van der Waals surface area contributed by atoms with Crippen LogP contribution in [0.4, 0.5) is 0 Å². The minimum absolute atomic E-state index is 0.179. The second-order valence-corrected chi connectivity index (χ2v) is 5.34. The van der Waals surface area contributed by atoms with Crippen LogP contribution >= 0.6 is 0 Å². The van der Waals surface area contributed by atoms with Crippen LogP contribution in [0, 0.1) is 13.8 Å². The fourth-order valence-electron chi connectivity index (χ4n) is 2.50. The summed E-state index contributed by atoms with van der Waals surface area (Å²) >= 11 is 0. The summed E-state index contributed by atoms with van der Waals surface area (Å²) in [5, 5.41) is 6.00. The molecule has 2 N–H and O–H groups in total. The molecule has 0 radical (unpaired) electrons. The van der Waals surface area contributed by atoms with E-state index in [1.165, 1.54) is 10.7 Å². The largest absolute Gasteiger partial charge is 0.335 e. The van der Waals surface area contributed by atoms with E-state index < -0.39 is 0 Å². The predicted octanol–water partition coefficient (Wildman–Crippen LogP) is -0.382. The average molecular weight is 302 g/mol. The highest BCUT2D eigenvalue weighted by Gasteiger charge is 2.21. The zero-order valence-electron chi connectivity index (χ0n) is 12.6. The van der Waals surface area contributed by atoms with E-state index >= 15 is 0 Å². The molecular weight excluding hydrogens is 284 g/mol. The minimum Gasteiger partial charge on any atom is -0.335 e. The Morgan fingerprint density at radius 3 is 2.41 bits per heavy atom. The van der Waals surface area contributed by atoms with E-state index in [0.717, 1.165) is 24.5 Å². The first-order valence-electron chi connectivity index (χ1n) is 7.19. The fourth-order valence-corrected chi connectivity index (χ4v) is 2.50. The van der Waals surface area contributed by atoms with Gasteiger partial charge in [-0.25, -0.2) is 9.97 Å². The predicted molar refractivity (Wildman–Crippen MR) is 80.2 cm³/mol. The molecule has 0 saturated carbocycles. The van der Waals surface area contributed by atoms with Gasteiger partial charge in [0.15, 0.2) is 0 Å². The van der Waals surface area contributed by atoms with Crippen molar-refractivity contribution >= 4 is 5.91 Å². The molecule has 2 aromatic rings. The molecule has 22 heavy (non-hydrogen) atoms. The first kappa shape index (κ1) is 14.5. The summed E-state index contributed by atoms with van der Waals surface area (Å²) in [6, 6.07) is 3.12. The van der Waals surface area contributed by atoms with Gasteiger partial charge in [0.05, 0.1) is 0 Å². The molecule has 0 aromatic carbocycles. The summed E-state index contributed by atoms with van der Waals surface area (Å²) in [4.78, 5) is 34.7. The van der Waals surface area contributed by atoms with Gasteiger partial charge in [-0.3, -0.25) is 14.7 Å². The number of aromatic amines is 1. The first-order chi connectivity index (χ1) is 10.5. The van der Waals surface area contributed by atoms with Crippen LogP contribution in [0.5, 0.6) is 0 Å². The number of nitrogens with zero attached hydrogens (tertiary/aromatic N) is 4. The Balaban J connectivity index is 1.93. The van der Waals surface area contributed by atoms with Crippen LogP contribution in [-0.4, -0.2) is 56.7 Å². The van der Waals surface area contributed by atoms with E-state index in [9.17, 15) is 9.59 Å². The second-order valence-electron chi connectivity index (χ2n) is 5.34. The molecule has 1 aliphatic heterocycles. The topological polar surface area (TPSA) is 95.9 Å². The summed E-state index contributed by atoms with van der Waals surface area (Å²) < 4.78 is 1.20. The van der Waals surface area contributed by atoms with Crippen molar-refractivity contribution in [3.05, 3.63) is 39.6 Å². The lowest BCUT2D eigenvalue weighted by Crippen LogP contribution is -2.46. The normalized spacial score (nSPS) is 15.1. The minimum atomic E-state index is -0.344. The molecule has 3 rings (SSSR count). The van der Waals surface area contributed by atoms with Gasteiger partial charge < -0.3 is 10.2 Å². The molecule has 2 aromatic heterocycles. The highest BCUT2D eigenvalue weighted by molar-refractivity contribution is 5.92. The lowest BCUT2D eigenvalue weighted by atomic mass is 10.3. The molecule has 8 nitrogen and oxygen atoms in total. The van der Waals surface area contributed by atoms with Gasteiger partial charge in [0.1, 0.15) is 5.69 Å². The van der Waals surface area contributed by atoms with Crippen LogP contribution in [0.25, 0.3) is 5.95 Å². The van der Waals surface area contributed by atoms with E-state index in [1.807, 2.05) is 19.9 Å². The summed E-state index contributed by atoms with van der Waals surface area (Å²) in [7, 11) is 0. The van der Waals surface area contributed by atoms with Crippen molar-refractivity contribution in [3.8, 4) is 5.95 Å². The number of aryl methyl sites for hydroxylation is 2. The Kier molecular flexibility index (Phi) is 3.76. The van der Waals surface area contributed by atoms with Crippen molar-refractivity contribution in [3.63, 3.8) is 0 Å². The molecule has 0 aliphatic carbocycles. The number of carbonyl (C=O) groups excluding carboxylic acids is 1. The zero-order valence-corrected chi connectivity index (χ0v) is 12.6. The monoisotopic (exact) mass is 302 g/mol. The van der Waals surface area contributed by atoms with E-state index in [1.54, 1.807) is 4.90 Å². The molecule has 3 heterocycles. The second kappa shape index (κ2) is 5.72. The van der Waals surface area contributed by atoms with Crippen molar-refractivity contribution < 1.29 is 4.79 Å². The number of aromatic nitrogens is 4. The smallest absolute Gasteiger partial charge is 0.274 e. The van der Waals surface area contributed by atoms with E-state index in [4.69, 9.17) is 0 Å². The van der Waals surface area contributed by atoms with Gasteiger partial charge in [0.25, 0.3) is 17.4 Å². The van der Waals surface area contributed by atoms with Crippen LogP contribution in [0.15, 0.2) is 16.9 Å². The maximum atomic E-state index is 12.4. The van der Waals surface area contributed by atoms with Crippen LogP contribution in [-0.2, 0) is 0 Å². The molecule has 1 fully saturated rings. The number of piperazine rings is 1. The van der Waals surface area contributed by atoms with Crippen LogP contribution in [0.1, 0.15) is 21.9 Å². The highest BCUT2D eigenvalue weighted by atomic mass is 16.2. The van der Waals surface area contributed by atoms with Crippen molar-refractivity contribution in [1.82, 2.24) is 30.0 Å². The summed E-state index contributed by atoms with van der Waals surface area (Å²) in [5.74, 6) is 0.0728. The Labute approximate surface area is 127 Å². The Morgan fingerprint density at radius 1 is 1.14 bits per heavy atom. The van der Waals surface area contributed by atoms with E-state index in [-0.39, 0.29) is 23.1 Å². The number of rotatable bonds is 2. The average Bonchev–Trinajstić information content (AvgIpc) is 2.88. The molecule has 116 valence electrons. The van der Waals surface area contributed by atoms with Crippen LogP contribution in [0.2, 0.25) is 0 Å². The third-order valence-electron chi connectivity index (χ3n) is 3.53. The van der Waals surface area contributed by atoms with Gasteiger partial charge in [-0.15, -0.1) is 0 Å². The zero-order chi connectivity index (χ0) is 15.7. The summed E-state index contributed by atoms with van der Waals surface area (Å²) in [5.41, 5.74) is 1.44. The molecule has 0 spiro atoms. The first-order valence-corrected chi connectivity index (χ1v) is 7.19. The van der Waals surface area contributed by atoms with Gasteiger partial charge in [0, 0.05) is 43.6 Å². The quantitative estimate of drug-likeness (QED) is 0.788. The molecule has 8 heteroatoms. The maximum Gasteiger partial charge on any atom is 0.274 e. The molecular formula is C14H18N6O2. The van der Waals surface area contributed by atoms with Gasteiger partial charge >= 0.3 is 0 Å². The summed E-state index contributed by atoms with van der Waals surface area (Å²) in [6.07, 6.45) is 0. The molecule has 0 atom stereocenters. The molecule has 0 unspecified atom stereocenters. The van der Waals surface area contributed by atoms with Gasteiger partial charge in [-0.1, -0.05) is 0 Å². The lowest BCUT2D eigenvalue weighted by molar-refractivity contribution is 0.0729. The van der Waals surface area contributed by atoms with Crippen molar-refractivity contribution in [2.24, 2.45) is 0 Å². The number of hydrogen-bond donors (Lipinski definition) is 2. The van der Waals surface area contributed by atoms with Gasteiger partial charge in [-0.05, 0) is 19.9 Å². The number of hydrogen-bond acceptors (Lipinski definition) is 5. The number of amides is 1. The third-order valence-corrected chi connectivity index (χ3v) is 3.53. The Hall–Kier alpha value is -2.48. The van der Waals surface area contributed by atoms with Crippen molar-refractivity contribution in [1.29, 1.82) is 0 Å². The fraction of sp³-hybridized carbons (Fsp3) is 0.429. The Morgan fingerprint density at radius 2 is 1.77 bits per heavy atom.